The number of carbonyl (C=O) groups is 1. The molecule has 7 nitrogen and oxygen atoms in total. The van der Waals surface area contributed by atoms with Gasteiger partial charge in [0.15, 0.2) is 4.80 Å². The molecular formula is C29H23F3N2O5S. The Morgan fingerprint density at radius 2 is 1.90 bits per heavy atom. The Labute approximate surface area is 230 Å². The number of halogens is 3. The summed E-state index contributed by atoms with van der Waals surface area (Å²) in [6, 6.07) is 16.3. The first kappa shape index (κ1) is 27.2. The summed E-state index contributed by atoms with van der Waals surface area (Å²) in [6.45, 7) is 3.50. The number of furan rings is 1. The van der Waals surface area contributed by atoms with Crippen LogP contribution < -0.4 is 19.6 Å². The van der Waals surface area contributed by atoms with Crippen LogP contribution in [-0.4, -0.2) is 17.1 Å². The number of nitrogens with zero attached hydrogens (tertiary/aromatic N) is 2. The van der Waals surface area contributed by atoms with Crippen molar-refractivity contribution in [3.8, 4) is 5.75 Å². The highest BCUT2D eigenvalue weighted by Gasteiger charge is 2.33. The Kier molecular flexibility index (Phi) is 7.49. The van der Waals surface area contributed by atoms with Crippen LogP contribution >= 0.6 is 11.3 Å². The molecule has 40 heavy (non-hydrogen) atoms. The van der Waals surface area contributed by atoms with Gasteiger partial charge < -0.3 is 13.9 Å². The van der Waals surface area contributed by atoms with Gasteiger partial charge in [0.1, 0.15) is 23.9 Å². The van der Waals surface area contributed by atoms with Gasteiger partial charge in [0.25, 0.3) is 5.56 Å². The standard InChI is InChI=1S/C29H23F3N2O5S/c1-3-37-27(36)24-17(2)33-28-34(25(24)18-8-5-4-6-9-18)26(35)23(40-28)15-21-12-13-22(39-21)16-38-20-11-7-10-19(14-20)29(30,31)32/h4-15,25H,3,16H2,1-2H3/b23-15-. The fourth-order valence-corrected chi connectivity index (χ4v) is 5.36. The molecule has 1 aliphatic rings. The monoisotopic (exact) mass is 568 g/mol. The molecule has 11 heteroatoms. The fourth-order valence-electron chi connectivity index (χ4n) is 4.34. The third-order valence-corrected chi connectivity index (χ3v) is 7.11. The molecule has 0 N–H and O–H groups in total. The minimum Gasteiger partial charge on any atom is -0.486 e. The number of thiazole rings is 1. The summed E-state index contributed by atoms with van der Waals surface area (Å²) < 4.78 is 57.2. The van der Waals surface area contributed by atoms with E-state index in [2.05, 4.69) is 4.99 Å². The second kappa shape index (κ2) is 11.0. The van der Waals surface area contributed by atoms with Crippen molar-refractivity contribution >= 4 is 23.4 Å². The maximum Gasteiger partial charge on any atom is 0.416 e. The van der Waals surface area contributed by atoms with Crippen LogP contribution in [0.2, 0.25) is 0 Å². The molecular weight excluding hydrogens is 545 g/mol. The summed E-state index contributed by atoms with van der Waals surface area (Å²) >= 11 is 1.15. The molecule has 0 bridgehead atoms. The number of benzene rings is 2. The quantitative estimate of drug-likeness (QED) is 0.294. The number of rotatable bonds is 7. The van der Waals surface area contributed by atoms with E-state index in [1.165, 1.54) is 16.7 Å². The molecule has 2 aromatic carbocycles. The van der Waals surface area contributed by atoms with Crippen LogP contribution in [0.15, 0.2) is 92.2 Å². The van der Waals surface area contributed by atoms with Crippen molar-refractivity contribution in [2.24, 2.45) is 4.99 Å². The molecule has 0 spiro atoms. The van der Waals surface area contributed by atoms with Crippen molar-refractivity contribution in [2.75, 3.05) is 6.61 Å². The Hall–Kier alpha value is -4.38. The number of esters is 1. The van der Waals surface area contributed by atoms with Crippen molar-refractivity contribution in [3.05, 3.63) is 120 Å². The molecule has 3 heterocycles. The van der Waals surface area contributed by atoms with E-state index in [4.69, 9.17) is 13.9 Å². The highest BCUT2D eigenvalue weighted by molar-refractivity contribution is 7.07. The van der Waals surface area contributed by atoms with Gasteiger partial charge in [-0.25, -0.2) is 9.79 Å². The van der Waals surface area contributed by atoms with Crippen molar-refractivity contribution in [3.63, 3.8) is 0 Å². The van der Waals surface area contributed by atoms with E-state index < -0.39 is 23.8 Å². The van der Waals surface area contributed by atoms with Gasteiger partial charge in [-0.15, -0.1) is 0 Å². The molecule has 0 amide bonds. The molecule has 0 saturated heterocycles. The topological polar surface area (TPSA) is 83.0 Å². The zero-order valence-electron chi connectivity index (χ0n) is 21.4. The molecule has 4 aromatic rings. The van der Waals surface area contributed by atoms with Crippen LogP contribution in [0.25, 0.3) is 6.08 Å². The van der Waals surface area contributed by atoms with Gasteiger partial charge in [0, 0.05) is 6.08 Å². The van der Waals surface area contributed by atoms with Crippen molar-refractivity contribution in [1.82, 2.24) is 4.57 Å². The predicted octanol–water partition coefficient (Wildman–Crippen LogP) is 4.99. The first-order valence-electron chi connectivity index (χ1n) is 12.3. The van der Waals surface area contributed by atoms with Crippen molar-refractivity contribution < 1.29 is 31.9 Å². The van der Waals surface area contributed by atoms with Gasteiger partial charge in [0.2, 0.25) is 0 Å². The summed E-state index contributed by atoms with van der Waals surface area (Å²) in [6.07, 6.45) is -2.92. The van der Waals surface area contributed by atoms with Crippen LogP contribution in [0.5, 0.6) is 5.75 Å². The molecule has 1 atom stereocenters. The van der Waals surface area contributed by atoms with E-state index in [1.54, 1.807) is 32.1 Å². The Morgan fingerprint density at radius 1 is 1.12 bits per heavy atom. The molecule has 5 rings (SSSR count). The Bertz CT molecular complexity index is 1770. The largest absolute Gasteiger partial charge is 0.486 e. The lowest BCUT2D eigenvalue weighted by atomic mass is 9.96. The number of fused-ring (bicyclic) bond motifs is 1. The average Bonchev–Trinajstić information content (AvgIpc) is 3.50. The number of allylic oxidation sites excluding steroid dienone is 1. The smallest absolute Gasteiger partial charge is 0.416 e. The van der Waals surface area contributed by atoms with Crippen LogP contribution in [0.3, 0.4) is 0 Å². The molecule has 206 valence electrons. The average molecular weight is 569 g/mol. The third-order valence-electron chi connectivity index (χ3n) is 6.13. The maximum absolute atomic E-state index is 13.6. The van der Waals surface area contributed by atoms with Gasteiger partial charge in [-0.2, -0.15) is 13.2 Å². The minimum absolute atomic E-state index is 0.0507. The van der Waals surface area contributed by atoms with Gasteiger partial charge in [-0.1, -0.05) is 47.7 Å². The SMILES string of the molecule is CCOC(=O)C1=C(C)N=c2s/c(=C\c3ccc(COc4cccc(C(F)(F)F)c4)o3)c(=O)n2C1c1ccccc1. The van der Waals surface area contributed by atoms with Crippen LogP contribution in [0, 0.1) is 0 Å². The molecule has 0 fully saturated rings. The summed E-state index contributed by atoms with van der Waals surface area (Å²) in [5, 5.41) is 0. The number of ether oxygens (including phenoxy) is 2. The lowest BCUT2D eigenvalue weighted by Crippen LogP contribution is -2.39. The van der Waals surface area contributed by atoms with Crippen LogP contribution in [0.1, 0.15) is 42.5 Å². The van der Waals surface area contributed by atoms with Crippen LogP contribution in [-0.2, 0) is 22.3 Å². The fraction of sp³-hybridized carbons (Fsp3) is 0.207. The number of aromatic nitrogens is 1. The third kappa shape index (κ3) is 5.50. The van der Waals surface area contributed by atoms with E-state index in [-0.39, 0.29) is 24.5 Å². The zero-order valence-corrected chi connectivity index (χ0v) is 22.2. The number of carbonyl (C=O) groups excluding carboxylic acids is 1. The van der Waals surface area contributed by atoms with Gasteiger partial charge in [-0.3, -0.25) is 9.36 Å². The summed E-state index contributed by atoms with van der Waals surface area (Å²) in [4.78, 5) is 31.5. The maximum atomic E-state index is 13.6. The van der Waals surface area contributed by atoms with E-state index in [0.29, 0.717) is 32.1 Å². The second-order valence-corrected chi connectivity index (χ2v) is 9.84. The summed E-state index contributed by atoms with van der Waals surface area (Å²) in [7, 11) is 0. The zero-order chi connectivity index (χ0) is 28.4. The minimum atomic E-state index is -4.48. The highest BCUT2D eigenvalue weighted by atomic mass is 32.1. The van der Waals surface area contributed by atoms with E-state index in [0.717, 1.165) is 29.0 Å². The number of alkyl halides is 3. The van der Waals surface area contributed by atoms with E-state index in [9.17, 15) is 22.8 Å². The molecule has 0 saturated carbocycles. The molecule has 0 aliphatic carbocycles. The molecule has 0 radical (unpaired) electrons. The van der Waals surface area contributed by atoms with Gasteiger partial charge in [0.05, 0.1) is 34.0 Å². The predicted molar refractivity (Wildman–Crippen MR) is 141 cm³/mol. The van der Waals surface area contributed by atoms with E-state index >= 15 is 0 Å². The van der Waals surface area contributed by atoms with Crippen LogP contribution in [0.4, 0.5) is 13.2 Å². The molecule has 1 unspecified atom stereocenters. The summed E-state index contributed by atoms with van der Waals surface area (Å²) in [5.41, 5.74) is 0.325. The number of hydrogen-bond donors (Lipinski definition) is 0. The van der Waals surface area contributed by atoms with Gasteiger partial charge >= 0.3 is 12.1 Å². The molecule has 2 aromatic heterocycles. The first-order chi connectivity index (χ1) is 19.2. The number of hydrogen-bond acceptors (Lipinski definition) is 7. The lowest BCUT2D eigenvalue weighted by Gasteiger charge is -2.24. The lowest BCUT2D eigenvalue weighted by molar-refractivity contribution is -0.139. The van der Waals surface area contributed by atoms with Gasteiger partial charge in [-0.05, 0) is 49.7 Å². The first-order valence-corrected chi connectivity index (χ1v) is 13.1. The highest BCUT2D eigenvalue weighted by Crippen LogP contribution is 2.32. The summed E-state index contributed by atoms with van der Waals surface area (Å²) in [5.74, 6) is 0.225. The second-order valence-electron chi connectivity index (χ2n) is 8.83. The Morgan fingerprint density at radius 3 is 2.62 bits per heavy atom. The normalized spacial score (nSPS) is 15.5. The van der Waals surface area contributed by atoms with E-state index in [1.807, 2.05) is 30.3 Å². The Balaban J connectivity index is 1.46. The van der Waals surface area contributed by atoms with Crippen molar-refractivity contribution in [2.45, 2.75) is 32.7 Å². The van der Waals surface area contributed by atoms with Crippen molar-refractivity contribution in [1.29, 1.82) is 0 Å². The molecule has 1 aliphatic heterocycles.